The molecule has 0 aliphatic carbocycles. The first-order valence-electron chi connectivity index (χ1n) is 10.6. The van der Waals surface area contributed by atoms with E-state index in [1.165, 1.54) is 0 Å². The average molecular weight is 421 g/mol. The van der Waals surface area contributed by atoms with Crippen molar-refractivity contribution in [1.82, 2.24) is 4.90 Å². The smallest absolute Gasteiger partial charge is 0.260 e. The van der Waals surface area contributed by atoms with Gasteiger partial charge < -0.3 is 18.8 Å². The maximum atomic E-state index is 13.4. The Kier molecular flexibility index (Phi) is 5.98. The van der Waals surface area contributed by atoms with Gasteiger partial charge in [-0.05, 0) is 74.6 Å². The minimum atomic E-state index is -0.268. The number of ether oxygens (including phenoxy) is 2. The largest absolute Gasteiger partial charge is 0.497 e. The van der Waals surface area contributed by atoms with E-state index < -0.39 is 0 Å². The van der Waals surface area contributed by atoms with E-state index in [0.29, 0.717) is 28.0 Å². The predicted octanol–water partition coefficient (Wildman–Crippen LogP) is 4.48. The van der Waals surface area contributed by atoms with Crippen molar-refractivity contribution in [3.8, 4) is 22.8 Å². The predicted molar refractivity (Wildman–Crippen MR) is 120 cm³/mol. The molecular formula is C25H27NO5. The number of fused-ring (bicyclic) bond motifs is 1. The van der Waals surface area contributed by atoms with Crippen LogP contribution in [-0.4, -0.2) is 37.6 Å². The van der Waals surface area contributed by atoms with Crippen molar-refractivity contribution in [3.63, 3.8) is 0 Å². The number of carbonyl (C=O) groups excluding carboxylic acids is 1. The number of nitrogens with zero attached hydrogens (tertiary/aromatic N) is 1. The van der Waals surface area contributed by atoms with Gasteiger partial charge >= 0.3 is 0 Å². The van der Waals surface area contributed by atoms with Crippen molar-refractivity contribution < 1.29 is 18.7 Å². The highest BCUT2D eigenvalue weighted by Gasteiger charge is 2.22. The molecule has 3 aromatic rings. The molecule has 2 heterocycles. The molecule has 4 rings (SSSR count). The van der Waals surface area contributed by atoms with E-state index in [4.69, 9.17) is 13.9 Å². The first-order valence-corrected chi connectivity index (χ1v) is 10.6. The Morgan fingerprint density at radius 3 is 2.45 bits per heavy atom. The lowest BCUT2D eigenvalue weighted by Crippen LogP contribution is -2.39. The standard InChI is InChI=1S/C25H27NO5/c1-16-13-17(2)22-20(14-16)31-24(18-7-9-19(29-3)10-8-18)25(23(22)28)30-15-21(27)26-11-5-4-6-12-26/h7-10,13-14H,4-6,11-12,15H2,1-3H3. The zero-order chi connectivity index (χ0) is 22.0. The molecule has 31 heavy (non-hydrogen) atoms. The van der Waals surface area contributed by atoms with Crippen molar-refractivity contribution in [1.29, 1.82) is 0 Å². The number of methoxy groups -OCH3 is 1. The normalized spacial score (nSPS) is 14.0. The van der Waals surface area contributed by atoms with Crippen LogP contribution >= 0.6 is 0 Å². The third-order valence-electron chi connectivity index (χ3n) is 5.70. The maximum Gasteiger partial charge on any atom is 0.260 e. The summed E-state index contributed by atoms with van der Waals surface area (Å²) in [4.78, 5) is 27.9. The van der Waals surface area contributed by atoms with E-state index in [9.17, 15) is 9.59 Å². The average Bonchev–Trinajstić information content (AvgIpc) is 2.78. The molecule has 1 aliphatic heterocycles. The number of aryl methyl sites for hydroxylation is 2. The van der Waals surface area contributed by atoms with Crippen LogP contribution in [0.4, 0.5) is 0 Å². The van der Waals surface area contributed by atoms with Crippen LogP contribution in [-0.2, 0) is 4.79 Å². The highest BCUT2D eigenvalue weighted by molar-refractivity contribution is 5.86. The molecule has 1 amide bonds. The Morgan fingerprint density at radius 1 is 1.06 bits per heavy atom. The van der Waals surface area contributed by atoms with E-state index in [1.54, 1.807) is 24.1 Å². The van der Waals surface area contributed by atoms with E-state index in [-0.39, 0.29) is 23.7 Å². The molecule has 6 nitrogen and oxygen atoms in total. The quantitative estimate of drug-likeness (QED) is 0.608. The zero-order valence-electron chi connectivity index (χ0n) is 18.2. The fourth-order valence-corrected chi connectivity index (χ4v) is 4.11. The molecule has 0 spiro atoms. The molecule has 0 bridgehead atoms. The second kappa shape index (κ2) is 8.84. The molecule has 1 aromatic heterocycles. The van der Waals surface area contributed by atoms with Crippen LogP contribution in [0.15, 0.2) is 45.6 Å². The molecule has 2 aromatic carbocycles. The Labute approximate surface area is 181 Å². The van der Waals surface area contributed by atoms with E-state index in [0.717, 1.165) is 43.5 Å². The molecule has 0 N–H and O–H groups in total. The molecule has 1 saturated heterocycles. The Balaban J connectivity index is 1.77. The first kappa shape index (κ1) is 21.0. The van der Waals surface area contributed by atoms with Gasteiger partial charge in [0.2, 0.25) is 11.2 Å². The topological polar surface area (TPSA) is 69.0 Å². The summed E-state index contributed by atoms with van der Waals surface area (Å²) in [6.45, 7) is 5.12. The second-order valence-electron chi connectivity index (χ2n) is 8.00. The fourth-order valence-electron chi connectivity index (χ4n) is 4.11. The van der Waals surface area contributed by atoms with Crippen molar-refractivity contribution in [2.24, 2.45) is 0 Å². The lowest BCUT2D eigenvalue weighted by atomic mass is 10.0. The van der Waals surface area contributed by atoms with E-state index in [1.807, 2.05) is 38.1 Å². The molecular weight excluding hydrogens is 394 g/mol. The van der Waals surface area contributed by atoms with E-state index in [2.05, 4.69) is 0 Å². The van der Waals surface area contributed by atoms with Crippen LogP contribution in [0.1, 0.15) is 30.4 Å². The van der Waals surface area contributed by atoms with Gasteiger partial charge in [0.05, 0.1) is 12.5 Å². The summed E-state index contributed by atoms with van der Waals surface area (Å²) in [6, 6.07) is 11.0. The molecule has 0 atom stereocenters. The van der Waals surface area contributed by atoms with Gasteiger partial charge in [-0.1, -0.05) is 6.07 Å². The number of piperidine rings is 1. The molecule has 1 fully saturated rings. The third kappa shape index (κ3) is 4.29. The van der Waals surface area contributed by atoms with Crippen LogP contribution in [0.2, 0.25) is 0 Å². The van der Waals surface area contributed by atoms with Crippen LogP contribution in [0.25, 0.3) is 22.3 Å². The van der Waals surface area contributed by atoms with Gasteiger partial charge in [-0.3, -0.25) is 9.59 Å². The maximum absolute atomic E-state index is 13.4. The van der Waals surface area contributed by atoms with Gasteiger partial charge in [-0.2, -0.15) is 0 Å². The van der Waals surface area contributed by atoms with Gasteiger partial charge in [0.1, 0.15) is 11.3 Å². The number of hydrogen-bond donors (Lipinski definition) is 0. The lowest BCUT2D eigenvalue weighted by molar-refractivity contribution is -0.134. The molecule has 1 aliphatic rings. The minimum Gasteiger partial charge on any atom is -0.497 e. The highest BCUT2D eigenvalue weighted by Crippen LogP contribution is 2.33. The van der Waals surface area contributed by atoms with Crippen molar-refractivity contribution in [3.05, 3.63) is 57.7 Å². The molecule has 0 unspecified atom stereocenters. The number of likely N-dealkylation sites (tertiary alicyclic amines) is 1. The Morgan fingerprint density at radius 2 is 1.77 bits per heavy atom. The molecule has 0 radical (unpaired) electrons. The van der Waals surface area contributed by atoms with Crippen molar-refractivity contribution in [2.45, 2.75) is 33.1 Å². The van der Waals surface area contributed by atoms with Gasteiger partial charge in [0, 0.05) is 18.7 Å². The highest BCUT2D eigenvalue weighted by atomic mass is 16.5. The Bertz CT molecular complexity index is 1160. The Hall–Kier alpha value is -3.28. The molecule has 0 saturated carbocycles. The summed E-state index contributed by atoms with van der Waals surface area (Å²) >= 11 is 0. The number of hydrogen-bond acceptors (Lipinski definition) is 5. The van der Waals surface area contributed by atoms with Gasteiger partial charge in [-0.15, -0.1) is 0 Å². The summed E-state index contributed by atoms with van der Waals surface area (Å²) in [5, 5.41) is 0.475. The van der Waals surface area contributed by atoms with E-state index >= 15 is 0 Å². The summed E-state index contributed by atoms with van der Waals surface area (Å²) in [6.07, 6.45) is 3.14. The SMILES string of the molecule is COc1ccc(-c2oc3cc(C)cc(C)c3c(=O)c2OCC(=O)N2CCCCC2)cc1. The van der Waals surface area contributed by atoms with Crippen LogP contribution in [0, 0.1) is 13.8 Å². The zero-order valence-corrected chi connectivity index (χ0v) is 18.2. The van der Waals surface area contributed by atoms with Crippen LogP contribution < -0.4 is 14.9 Å². The van der Waals surface area contributed by atoms with Gasteiger partial charge in [0.15, 0.2) is 12.4 Å². The van der Waals surface area contributed by atoms with Gasteiger partial charge in [0.25, 0.3) is 5.91 Å². The summed E-state index contributed by atoms with van der Waals surface area (Å²) in [5.41, 5.74) is 2.73. The minimum absolute atomic E-state index is 0.0648. The third-order valence-corrected chi connectivity index (χ3v) is 5.70. The fraction of sp³-hybridized carbons (Fsp3) is 0.360. The van der Waals surface area contributed by atoms with Crippen molar-refractivity contribution in [2.75, 3.05) is 26.8 Å². The number of rotatable bonds is 5. The number of carbonyl (C=O) groups is 1. The monoisotopic (exact) mass is 421 g/mol. The number of amides is 1. The summed E-state index contributed by atoms with van der Waals surface area (Å²) in [7, 11) is 1.59. The molecule has 6 heteroatoms. The van der Waals surface area contributed by atoms with Crippen LogP contribution in [0.5, 0.6) is 11.5 Å². The summed E-state index contributed by atoms with van der Waals surface area (Å²) < 4.78 is 17.3. The van der Waals surface area contributed by atoms with Crippen LogP contribution in [0.3, 0.4) is 0 Å². The summed E-state index contributed by atoms with van der Waals surface area (Å²) in [5.74, 6) is 0.966. The van der Waals surface area contributed by atoms with Gasteiger partial charge in [-0.25, -0.2) is 0 Å². The first-order chi connectivity index (χ1) is 15.0. The lowest BCUT2D eigenvalue weighted by Gasteiger charge is -2.26. The van der Waals surface area contributed by atoms with Crippen molar-refractivity contribution >= 4 is 16.9 Å². The number of benzene rings is 2. The molecule has 162 valence electrons. The second-order valence-corrected chi connectivity index (χ2v) is 8.00.